The van der Waals surface area contributed by atoms with Crippen LogP contribution in [0.15, 0.2) is 52.3 Å². The quantitative estimate of drug-likeness (QED) is 0.672. The largest absolute Gasteiger partial charge is 0.316 e. The number of nitro groups is 1. The molecule has 0 unspecified atom stereocenters. The molecule has 0 bridgehead atoms. The molecule has 5 heteroatoms. The fourth-order valence-electron chi connectivity index (χ4n) is 1.90. The Labute approximate surface area is 122 Å². The monoisotopic (exact) mass is 288 g/mol. The summed E-state index contributed by atoms with van der Waals surface area (Å²) in [5.41, 5.74) is 2.58. The van der Waals surface area contributed by atoms with Crippen LogP contribution in [0.2, 0.25) is 0 Å². The highest BCUT2D eigenvalue weighted by atomic mass is 32.2. The Balaban J connectivity index is 2.22. The minimum absolute atomic E-state index is 0.119. The number of rotatable bonds is 5. The molecule has 2 aromatic rings. The van der Waals surface area contributed by atoms with Crippen molar-refractivity contribution in [2.45, 2.75) is 23.3 Å². The summed E-state index contributed by atoms with van der Waals surface area (Å²) >= 11 is 1.62. The Hall–Kier alpha value is -1.85. The van der Waals surface area contributed by atoms with Gasteiger partial charge < -0.3 is 5.32 Å². The molecular formula is C15H16N2O2S. The van der Waals surface area contributed by atoms with E-state index in [0.29, 0.717) is 0 Å². The van der Waals surface area contributed by atoms with Crippen LogP contribution in [0.5, 0.6) is 0 Å². The van der Waals surface area contributed by atoms with E-state index < -0.39 is 0 Å². The molecule has 4 nitrogen and oxygen atoms in total. The maximum atomic E-state index is 10.6. The van der Waals surface area contributed by atoms with E-state index in [4.69, 9.17) is 0 Å². The number of nitro benzene ring substituents is 1. The lowest BCUT2D eigenvalue weighted by Crippen LogP contribution is -2.06. The topological polar surface area (TPSA) is 55.2 Å². The molecule has 0 fully saturated rings. The van der Waals surface area contributed by atoms with E-state index >= 15 is 0 Å². The third kappa shape index (κ3) is 3.59. The summed E-state index contributed by atoms with van der Waals surface area (Å²) in [6, 6.07) is 13.0. The van der Waals surface area contributed by atoms with Gasteiger partial charge in [0.05, 0.1) is 4.92 Å². The maximum Gasteiger partial charge on any atom is 0.269 e. The van der Waals surface area contributed by atoms with Crippen molar-refractivity contribution in [3.05, 3.63) is 63.7 Å². The van der Waals surface area contributed by atoms with E-state index in [1.165, 1.54) is 28.2 Å². The number of benzene rings is 2. The highest BCUT2D eigenvalue weighted by molar-refractivity contribution is 7.99. The second-order valence-electron chi connectivity index (χ2n) is 4.49. The Kier molecular flexibility index (Phi) is 4.76. The van der Waals surface area contributed by atoms with Crippen LogP contribution in [-0.4, -0.2) is 12.0 Å². The van der Waals surface area contributed by atoms with Gasteiger partial charge in [0, 0.05) is 28.5 Å². The Morgan fingerprint density at radius 2 is 1.90 bits per heavy atom. The Morgan fingerprint density at radius 1 is 1.20 bits per heavy atom. The Morgan fingerprint density at radius 3 is 2.50 bits per heavy atom. The third-order valence-electron chi connectivity index (χ3n) is 2.86. The van der Waals surface area contributed by atoms with Gasteiger partial charge in [-0.25, -0.2) is 0 Å². The number of nitrogens with zero attached hydrogens (tertiary/aromatic N) is 1. The Bertz CT molecular complexity index is 612. The summed E-state index contributed by atoms with van der Waals surface area (Å²) in [6.45, 7) is 2.87. The van der Waals surface area contributed by atoms with Crippen LogP contribution in [0.3, 0.4) is 0 Å². The molecule has 0 saturated carbocycles. The molecule has 104 valence electrons. The maximum absolute atomic E-state index is 10.6. The van der Waals surface area contributed by atoms with Gasteiger partial charge in [-0.05, 0) is 37.7 Å². The lowest BCUT2D eigenvalue weighted by atomic mass is 10.1. The van der Waals surface area contributed by atoms with Crippen molar-refractivity contribution in [3.63, 3.8) is 0 Å². The molecule has 1 N–H and O–H groups in total. The van der Waals surface area contributed by atoms with Gasteiger partial charge in [-0.2, -0.15) is 0 Å². The van der Waals surface area contributed by atoms with E-state index in [9.17, 15) is 10.1 Å². The highest BCUT2D eigenvalue weighted by Gasteiger charge is 2.07. The summed E-state index contributed by atoms with van der Waals surface area (Å²) in [5.74, 6) is 0. The standard InChI is InChI=1S/C15H16N2O2S/c1-11-3-8-15(12(9-11)10-16-2)20-14-6-4-13(5-7-14)17(18)19/h3-9,16H,10H2,1-2H3. The van der Waals surface area contributed by atoms with Crippen molar-refractivity contribution in [2.24, 2.45) is 0 Å². The van der Waals surface area contributed by atoms with Crippen LogP contribution < -0.4 is 5.32 Å². The van der Waals surface area contributed by atoms with Crippen LogP contribution in [0.4, 0.5) is 5.69 Å². The number of non-ortho nitro benzene ring substituents is 1. The van der Waals surface area contributed by atoms with Gasteiger partial charge in [0.25, 0.3) is 5.69 Å². The molecule has 2 aromatic carbocycles. The van der Waals surface area contributed by atoms with Crippen molar-refractivity contribution in [3.8, 4) is 0 Å². The first-order valence-electron chi connectivity index (χ1n) is 6.26. The first-order valence-corrected chi connectivity index (χ1v) is 7.08. The summed E-state index contributed by atoms with van der Waals surface area (Å²) < 4.78 is 0. The predicted molar refractivity (Wildman–Crippen MR) is 81.2 cm³/mol. The smallest absolute Gasteiger partial charge is 0.269 e. The van der Waals surface area contributed by atoms with Gasteiger partial charge in [0.1, 0.15) is 0 Å². The van der Waals surface area contributed by atoms with E-state index in [1.807, 2.05) is 7.05 Å². The molecule has 0 radical (unpaired) electrons. The van der Waals surface area contributed by atoms with Crippen molar-refractivity contribution in [1.82, 2.24) is 5.32 Å². The predicted octanol–water partition coefficient (Wildman–Crippen LogP) is 3.77. The van der Waals surface area contributed by atoms with Gasteiger partial charge in [0.15, 0.2) is 0 Å². The number of aryl methyl sites for hydroxylation is 1. The van der Waals surface area contributed by atoms with Crippen LogP contribution in [-0.2, 0) is 6.54 Å². The molecule has 0 aliphatic carbocycles. The van der Waals surface area contributed by atoms with Crippen LogP contribution >= 0.6 is 11.8 Å². The number of nitrogens with one attached hydrogen (secondary N) is 1. The lowest BCUT2D eigenvalue weighted by Gasteiger charge is -2.10. The van der Waals surface area contributed by atoms with Gasteiger partial charge in [0.2, 0.25) is 0 Å². The zero-order chi connectivity index (χ0) is 14.5. The van der Waals surface area contributed by atoms with Crippen LogP contribution in [0.25, 0.3) is 0 Å². The molecule has 0 aliphatic heterocycles. The second-order valence-corrected chi connectivity index (χ2v) is 5.61. The van der Waals surface area contributed by atoms with Gasteiger partial charge in [-0.3, -0.25) is 10.1 Å². The summed E-state index contributed by atoms with van der Waals surface area (Å²) in [6.07, 6.45) is 0. The van der Waals surface area contributed by atoms with Gasteiger partial charge >= 0.3 is 0 Å². The molecule has 0 aromatic heterocycles. The molecule has 20 heavy (non-hydrogen) atoms. The summed E-state index contributed by atoms with van der Waals surface area (Å²) in [7, 11) is 1.92. The minimum Gasteiger partial charge on any atom is -0.316 e. The van der Waals surface area contributed by atoms with E-state index in [0.717, 1.165) is 11.4 Å². The average Bonchev–Trinajstić information content (AvgIpc) is 2.43. The van der Waals surface area contributed by atoms with Crippen molar-refractivity contribution >= 4 is 17.4 Å². The van der Waals surface area contributed by atoms with E-state index in [2.05, 4.69) is 30.4 Å². The van der Waals surface area contributed by atoms with Gasteiger partial charge in [-0.1, -0.05) is 29.5 Å². The zero-order valence-corrected chi connectivity index (χ0v) is 12.2. The average molecular weight is 288 g/mol. The van der Waals surface area contributed by atoms with Crippen molar-refractivity contribution in [1.29, 1.82) is 0 Å². The number of hydrogen-bond donors (Lipinski definition) is 1. The summed E-state index contributed by atoms with van der Waals surface area (Å²) in [4.78, 5) is 12.4. The first kappa shape index (κ1) is 14.6. The molecule has 0 saturated heterocycles. The molecule has 0 spiro atoms. The van der Waals surface area contributed by atoms with Crippen molar-refractivity contribution in [2.75, 3.05) is 7.05 Å². The molecule has 0 heterocycles. The molecule has 2 rings (SSSR count). The second kappa shape index (κ2) is 6.54. The fraction of sp³-hybridized carbons (Fsp3) is 0.200. The molecule has 0 amide bonds. The van der Waals surface area contributed by atoms with Crippen LogP contribution in [0, 0.1) is 17.0 Å². The zero-order valence-electron chi connectivity index (χ0n) is 11.4. The van der Waals surface area contributed by atoms with Crippen LogP contribution in [0.1, 0.15) is 11.1 Å². The van der Waals surface area contributed by atoms with Gasteiger partial charge in [-0.15, -0.1) is 0 Å². The fourth-order valence-corrected chi connectivity index (χ4v) is 2.82. The van der Waals surface area contributed by atoms with E-state index in [1.54, 1.807) is 23.9 Å². The first-order chi connectivity index (χ1) is 9.60. The molecule has 0 atom stereocenters. The molecule has 0 aliphatic rings. The lowest BCUT2D eigenvalue weighted by molar-refractivity contribution is -0.384. The summed E-state index contributed by atoms with van der Waals surface area (Å²) in [5, 5.41) is 13.8. The van der Waals surface area contributed by atoms with Crippen molar-refractivity contribution < 1.29 is 4.92 Å². The SMILES string of the molecule is CNCc1cc(C)ccc1Sc1ccc([N+](=O)[O-])cc1. The number of hydrogen-bond acceptors (Lipinski definition) is 4. The minimum atomic E-state index is -0.382. The highest BCUT2D eigenvalue weighted by Crippen LogP contribution is 2.32. The van der Waals surface area contributed by atoms with E-state index in [-0.39, 0.29) is 10.6 Å². The molecular weight excluding hydrogens is 272 g/mol. The third-order valence-corrected chi connectivity index (χ3v) is 3.98. The normalized spacial score (nSPS) is 10.5.